The van der Waals surface area contributed by atoms with Crippen molar-refractivity contribution in [1.29, 1.82) is 0 Å². The Kier molecular flexibility index (Phi) is 3.62. The first-order valence-corrected chi connectivity index (χ1v) is 5.71. The fourth-order valence-corrected chi connectivity index (χ4v) is 1.51. The second-order valence-electron chi connectivity index (χ2n) is 3.81. The van der Waals surface area contributed by atoms with Crippen LogP contribution < -0.4 is 4.74 Å². The lowest BCUT2D eigenvalue weighted by molar-refractivity contribution is 0.0691. The van der Waals surface area contributed by atoms with Crippen LogP contribution in [0.25, 0.3) is 5.69 Å². The Morgan fingerprint density at radius 1 is 1.39 bits per heavy atom. The largest absolute Gasteiger partial charge is 0.494 e. The summed E-state index contributed by atoms with van der Waals surface area (Å²) in [5.41, 5.74) is 0.875. The van der Waals surface area contributed by atoms with Gasteiger partial charge in [-0.3, -0.25) is 0 Å². The SMILES string of the molecule is CCCOc1ccc(-n2cnc(C(=O)O)c2)cc1. The predicted molar refractivity (Wildman–Crippen MR) is 66.3 cm³/mol. The Balaban J connectivity index is 2.15. The van der Waals surface area contributed by atoms with Gasteiger partial charge in [-0.05, 0) is 30.7 Å². The van der Waals surface area contributed by atoms with Crippen molar-refractivity contribution in [1.82, 2.24) is 9.55 Å². The van der Waals surface area contributed by atoms with Crippen molar-refractivity contribution in [2.45, 2.75) is 13.3 Å². The first kappa shape index (κ1) is 12.2. The third-order valence-corrected chi connectivity index (χ3v) is 2.41. The van der Waals surface area contributed by atoms with Gasteiger partial charge in [0.15, 0.2) is 5.69 Å². The van der Waals surface area contributed by atoms with E-state index in [2.05, 4.69) is 4.98 Å². The summed E-state index contributed by atoms with van der Waals surface area (Å²) in [5, 5.41) is 8.79. The van der Waals surface area contributed by atoms with Crippen LogP contribution in [0, 0.1) is 0 Å². The zero-order valence-electron chi connectivity index (χ0n) is 10.0. The van der Waals surface area contributed by atoms with Crippen molar-refractivity contribution >= 4 is 5.97 Å². The topological polar surface area (TPSA) is 64.4 Å². The number of carboxylic acids is 1. The van der Waals surface area contributed by atoms with Gasteiger partial charge in [0.25, 0.3) is 0 Å². The lowest BCUT2D eigenvalue weighted by atomic mass is 10.3. The van der Waals surface area contributed by atoms with Crippen LogP contribution in [-0.4, -0.2) is 27.2 Å². The molecule has 0 saturated carbocycles. The molecule has 18 heavy (non-hydrogen) atoms. The van der Waals surface area contributed by atoms with Crippen molar-refractivity contribution in [3.05, 3.63) is 42.5 Å². The standard InChI is InChI=1S/C13H14N2O3/c1-2-7-18-11-5-3-10(4-6-11)15-8-12(13(16)17)14-9-15/h3-6,8-9H,2,7H2,1H3,(H,16,17). The minimum Gasteiger partial charge on any atom is -0.494 e. The third-order valence-electron chi connectivity index (χ3n) is 2.41. The van der Waals surface area contributed by atoms with E-state index in [1.54, 1.807) is 4.57 Å². The van der Waals surface area contributed by atoms with Crippen molar-refractivity contribution < 1.29 is 14.6 Å². The molecule has 94 valence electrons. The number of carboxylic acid groups (broad SMARTS) is 1. The highest BCUT2D eigenvalue weighted by Crippen LogP contribution is 2.15. The van der Waals surface area contributed by atoms with Gasteiger partial charge in [0.2, 0.25) is 0 Å². The summed E-state index contributed by atoms with van der Waals surface area (Å²) in [4.78, 5) is 14.5. The molecular weight excluding hydrogens is 232 g/mol. The molecule has 2 aromatic rings. The summed E-state index contributed by atoms with van der Waals surface area (Å²) in [6.07, 6.45) is 3.92. The highest BCUT2D eigenvalue weighted by Gasteiger charge is 2.07. The number of ether oxygens (including phenoxy) is 1. The van der Waals surface area contributed by atoms with Gasteiger partial charge in [0.05, 0.1) is 6.61 Å². The van der Waals surface area contributed by atoms with E-state index in [-0.39, 0.29) is 5.69 Å². The van der Waals surface area contributed by atoms with Crippen molar-refractivity contribution in [2.24, 2.45) is 0 Å². The zero-order chi connectivity index (χ0) is 13.0. The van der Waals surface area contributed by atoms with E-state index in [1.807, 2.05) is 31.2 Å². The van der Waals surface area contributed by atoms with Gasteiger partial charge in [-0.1, -0.05) is 6.92 Å². The molecule has 5 nitrogen and oxygen atoms in total. The monoisotopic (exact) mass is 246 g/mol. The Bertz CT molecular complexity index is 531. The Morgan fingerprint density at radius 2 is 2.11 bits per heavy atom. The molecule has 0 unspecified atom stereocenters. The molecule has 0 atom stereocenters. The molecular formula is C13H14N2O3. The molecule has 0 aliphatic carbocycles. The maximum absolute atomic E-state index is 10.7. The number of hydrogen-bond donors (Lipinski definition) is 1. The fourth-order valence-electron chi connectivity index (χ4n) is 1.51. The molecule has 0 spiro atoms. The van der Waals surface area contributed by atoms with Crippen LogP contribution in [-0.2, 0) is 0 Å². The van der Waals surface area contributed by atoms with E-state index < -0.39 is 5.97 Å². The summed E-state index contributed by atoms with van der Waals surface area (Å²) >= 11 is 0. The van der Waals surface area contributed by atoms with Crippen LogP contribution in [0.15, 0.2) is 36.8 Å². The van der Waals surface area contributed by atoms with Crippen molar-refractivity contribution in [3.8, 4) is 11.4 Å². The van der Waals surface area contributed by atoms with Crippen LogP contribution in [0.1, 0.15) is 23.8 Å². The van der Waals surface area contributed by atoms with Crippen LogP contribution >= 0.6 is 0 Å². The maximum atomic E-state index is 10.7. The van der Waals surface area contributed by atoms with Crippen LogP contribution in [0.2, 0.25) is 0 Å². The predicted octanol–water partition coefficient (Wildman–Crippen LogP) is 2.36. The highest BCUT2D eigenvalue weighted by molar-refractivity contribution is 5.85. The van der Waals surface area contributed by atoms with Crippen molar-refractivity contribution in [3.63, 3.8) is 0 Å². The van der Waals surface area contributed by atoms with Gasteiger partial charge in [0, 0.05) is 11.9 Å². The number of carbonyl (C=O) groups is 1. The van der Waals surface area contributed by atoms with Crippen LogP contribution in [0.3, 0.4) is 0 Å². The van der Waals surface area contributed by atoms with Crippen molar-refractivity contribution in [2.75, 3.05) is 6.61 Å². The maximum Gasteiger partial charge on any atom is 0.356 e. The molecule has 1 aromatic heterocycles. The molecule has 0 bridgehead atoms. The first-order valence-electron chi connectivity index (χ1n) is 5.71. The summed E-state index contributed by atoms with van der Waals surface area (Å²) < 4.78 is 7.13. The second-order valence-corrected chi connectivity index (χ2v) is 3.81. The van der Waals surface area contributed by atoms with Gasteiger partial charge in [0.1, 0.15) is 12.1 Å². The third kappa shape index (κ3) is 2.68. The molecule has 0 radical (unpaired) electrons. The Hall–Kier alpha value is -2.30. The Morgan fingerprint density at radius 3 is 2.67 bits per heavy atom. The van der Waals surface area contributed by atoms with Gasteiger partial charge in [-0.2, -0.15) is 0 Å². The molecule has 0 aliphatic rings. The molecule has 2 rings (SSSR count). The van der Waals surface area contributed by atoms with E-state index in [9.17, 15) is 4.79 Å². The molecule has 0 fully saturated rings. The van der Waals surface area contributed by atoms with E-state index in [1.165, 1.54) is 12.5 Å². The molecule has 0 amide bonds. The van der Waals surface area contributed by atoms with Crippen LogP contribution in [0.5, 0.6) is 5.75 Å². The summed E-state index contributed by atoms with van der Waals surface area (Å²) in [6.45, 7) is 2.74. The summed E-state index contributed by atoms with van der Waals surface area (Å²) in [7, 11) is 0. The zero-order valence-corrected chi connectivity index (χ0v) is 10.0. The average molecular weight is 246 g/mol. The lowest BCUT2D eigenvalue weighted by Crippen LogP contribution is -1.97. The second kappa shape index (κ2) is 5.35. The van der Waals surface area contributed by atoms with Gasteiger partial charge >= 0.3 is 5.97 Å². The number of benzene rings is 1. The minimum atomic E-state index is -1.03. The average Bonchev–Trinajstić information content (AvgIpc) is 2.87. The molecule has 1 aromatic carbocycles. The number of rotatable bonds is 5. The summed E-state index contributed by atoms with van der Waals surface area (Å²) in [5.74, 6) is -0.226. The number of nitrogens with zero attached hydrogens (tertiary/aromatic N) is 2. The van der Waals surface area contributed by atoms with Gasteiger partial charge in [-0.25, -0.2) is 9.78 Å². The number of imidazole rings is 1. The number of aromatic nitrogens is 2. The van der Waals surface area contributed by atoms with Gasteiger partial charge < -0.3 is 14.4 Å². The fraction of sp³-hybridized carbons (Fsp3) is 0.231. The van der Waals surface area contributed by atoms with Crippen LogP contribution in [0.4, 0.5) is 0 Å². The van der Waals surface area contributed by atoms with Gasteiger partial charge in [-0.15, -0.1) is 0 Å². The minimum absolute atomic E-state index is 0.0290. The van der Waals surface area contributed by atoms with E-state index >= 15 is 0 Å². The normalized spacial score (nSPS) is 10.3. The van der Waals surface area contributed by atoms with E-state index in [4.69, 9.17) is 9.84 Å². The summed E-state index contributed by atoms with van der Waals surface area (Å²) in [6, 6.07) is 7.42. The molecule has 1 heterocycles. The van der Waals surface area contributed by atoms with E-state index in [0.717, 1.165) is 17.9 Å². The first-order chi connectivity index (χ1) is 8.70. The van der Waals surface area contributed by atoms with E-state index in [0.29, 0.717) is 6.61 Å². The molecule has 0 aliphatic heterocycles. The number of aromatic carboxylic acids is 1. The Labute approximate surface area is 105 Å². The molecule has 5 heteroatoms. The smallest absolute Gasteiger partial charge is 0.356 e. The molecule has 1 N–H and O–H groups in total. The number of hydrogen-bond acceptors (Lipinski definition) is 3. The molecule has 0 saturated heterocycles. The lowest BCUT2D eigenvalue weighted by Gasteiger charge is -2.06. The quantitative estimate of drug-likeness (QED) is 0.879. The highest BCUT2D eigenvalue weighted by atomic mass is 16.5.